The summed E-state index contributed by atoms with van der Waals surface area (Å²) in [4.78, 5) is 12.1. The molecule has 3 N–H and O–H groups in total. The van der Waals surface area contributed by atoms with Gasteiger partial charge >= 0.3 is 0 Å². The number of rotatable bonds is 6. The fourth-order valence-corrected chi connectivity index (χ4v) is 3.57. The number of nitrogens with one attached hydrogen (secondary N) is 1. The van der Waals surface area contributed by atoms with E-state index in [0.29, 0.717) is 22.2 Å². The van der Waals surface area contributed by atoms with Gasteiger partial charge in [-0.25, -0.2) is 17.9 Å². The lowest BCUT2D eigenvalue weighted by molar-refractivity contribution is -0.113. The van der Waals surface area contributed by atoms with Gasteiger partial charge < -0.3 is 9.88 Å². The third-order valence-electron chi connectivity index (χ3n) is 3.74. The minimum Gasteiger partial charge on any atom is -0.325 e. The SMILES string of the molecule is Cn1c(SCC(=O)Nc2ccc(S(N)(=O)=O)cc2)nnc1-c1ccc(F)cc1. The normalized spacial score (nSPS) is 11.4. The van der Waals surface area contributed by atoms with Gasteiger partial charge in [-0.05, 0) is 48.5 Å². The molecular weight excluding hydrogens is 405 g/mol. The molecule has 3 aromatic rings. The highest BCUT2D eigenvalue weighted by Crippen LogP contribution is 2.23. The van der Waals surface area contributed by atoms with Gasteiger partial charge in [0.25, 0.3) is 0 Å². The van der Waals surface area contributed by atoms with Crippen molar-refractivity contribution < 1.29 is 17.6 Å². The minimum absolute atomic E-state index is 0.0349. The first-order chi connectivity index (χ1) is 13.2. The fraction of sp³-hybridized carbons (Fsp3) is 0.118. The minimum atomic E-state index is -3.78. The number of nitrogens with two attached hydrogens (primary N) is 1. The smallest absolute Gasteiger partial charge is 0.238 e. The monoisotopic (exact) mass is 421 g/mol. The third kappa shape index (κ3) is 4.74. The van der Waals surface area contributed by atoms with Gasteiger partial charge in [0, 0.05) is 18.3 Å². The second-order valence-corrected chi connectivity index (χ2v) is 8.28. The number of halogens is 1. The predicted molar refractivity (Wildman–Crippen MR) is 104 cm³/mol. The van der Waals surface area contributed by atoms with Crippen LogP contribution < -0.4 is 10.5 Å². The number of carbonyl (C=O) groups is 1. The van der Waals surface area contributed by atoms with Crippen LogP contribution in [0.2, 0.25) is 0 Å². The number of thioether (sulfide) groups is 1. The van der Waals surface area contributed by atoms with Crippen LogP contribution in [0.4, 0.5) is 10.1 Å². The van der Waals surface area contributed by atoms with Gasteiger partial charge in [-0.1, -0.05) is 11.8 Å². The molecule has 11 heteroatoms. The Kier molecular flexibility index (Phi) is 5.77. The summed E-state index contributed by atoms with van der Waals surface area (Å²) in [6.07, 6.45) is 0. The van der Waals surface area contributed by atoms with Gasteiger partial charge in [-0.2, -0.15) is 0 Å². The van der Waals surface area contributed by atoms with E-state index in [1.54, 1.807) is 23.7 Å². The van der Waals surface area contributed by atoms with E-state index in [1.807, 2.05) is 0 Å². The maximum Gasteiger partial charge on any atom is 0.238 e. The zero-order valence-electron chi connectivity index (χ0n) is 14.7. The quantitative estimate of drug-likeness (QED) is 0.588. The lowest BCUT2D eigenvalue weighted by Gasteiger charge is -2.06. The van der Waals surface area contributed by atoms with E-state index in [4.69, 9.17) is 5.14 Å². The van der Waals surface area contributed by atoms with E-state index in [9.17, 15) is 17.6 Å². The summed E-state index contributed by atoms with van der Waals surface area (Å²) in [5, 5.41) is 16.4. The molecule has 0 fully saturated rings. The molecule has 146 valence electrons. The molecule has 2 aromatic carbocycles. The van der Waals surface area contributed by atoms with E-state index < -0.39 is 10.0 Å². The topological polar surface area (TPSA) is 120 Å². The van der Waals surface area contributed by atoms with Crippen LogP contribution in [0.25, 0.3) is 11.4 Å². The molecule has 0 aliphatic carbocycles. The van der Waals surface area contributed by atoms with Crippen LogP contribution in [0.5, 0.6) is 0 Å². The number of hydrogen-bond acceptors (Lipinski definition) is 6. The van der Waals surface area contributed by atoms with E-state index >= 15 is 0 Å². The Morgan fingerprint density at radius 1 is 1.14 bits per heavy atom. The van der Waals surface area contributed by atoms with Crippen molar-refractivity contribution >= 4 is 33.4 Å². The van der Waals surface area contributed by atoms with Crippen LogP contribution in [0, 0.1) is 5.82 Å². The molecule has 0 aliphatic heterocycles. The van der Waals surface area contributed by atoms with E-state index in [-0.39, 0.29) is 22.4 Å². The van der Waals surface area contributed by atoms with Crippen LogP contribution in [-0.4, -0.2) is 34.8 Å². The van der Waals surface area contributed by atoms with E-state index in [1.165, 1.54) is 48.2 Å². The van der Waals surface area contributed by atoms with E-state index in [2.05, 4.69) is 15.5 Å². The number of aromatic nitrogens is 3. The molecular formula is C17H16FN5O3S2. The molecule has 0 aliphatic rings. The van der Waals surface area contributed by atoms with Crippen LogP contribution in [0.1, 0.15) is 0 Å². The second kappa shape index (κ2) is 8.09. The van der Waals surface area contributed by atoms with Crippen molar-refractivity contribution in [3.63, 3.8) is 0 Å². The van der Waals surface area contributed by atoms with Crippen molar-refractivity contribution in [2.45, 2.75) is 10.1 Å². The predicted octanol–water partition coefficient (Wildman–Crippen LogP) is 2.00. The van der Waals surface area contributed by atoms with Gasteiger partial charge in [0.05, 0.1) is 10.6 Å². The summed E-state index contributed by atoms with van der Waals surface area (Å²) in [6.45, 7) is 0. The standard InChI is InChI=1S/C17H16FN5O3S2/c1-23-16(11-2-4-12(18)5-3-11)21-22-17(23)27-10-15(24)20-13-6-8-14(9-7-13)28(19,25)26/h2-9H,10H2,1H3,(H,20,24)(H2,19,25,26). The maximum atomic E-state index is 13.0. The number of amides is 1. The van der Waals surface area contributed by atoms with Gasteiger partial charge in [-0.3, -0.25) is 4.79 Å². The molecule has 0 bridgehead atoms. The Bertz CT molecular complexity index is 1100. The first-order valence-electron chi connectivity index (χ1n) is 7.95. The van der Waals surface area contributed by atoms with Crippen molar-refractivity contribution in [2.75, 3.05) is 11.1 Å². The van der Waals surface area contributed by atoms with Gasteiger partial charge in [0.15, 0.2) is 11.0 Å². The number of sulfonamides is 1. The zero-order valence-corrected chi connectivity index (χ0v) is 16.3. The third-order valence-corrected chi connectivity index (χ3v) is 5.69. The lowest BCUT2D eigenvalue weighted by atomic mass is 10.2. The van der Waals surface area contributed by atoms with Crippen LogP contribution in [0.3, 0.4) is 0 Å². The Balaban J connectivity index is 1.61. The van der Waals surface area contributed by atoms with Gasteiger partial charge in [0.2, 0.25) is 15.9 Å². The number of anilines is 1. The highest BCUT2D eigenvalue weighted by Gasteiger charge is 2.13. The molecule has 28 heavy (non-hydrogen) atoms. The lowest BCUT2D eigenvalue weighted by Crippen LogP contribution is -2.15. The average Bonchev–Trinajstić information content (AvgIpc) is 3.01. The number of carbonyl (C=O) groups excluding carboxylic acids is 1. The van der Waals surface area contributed by atoms with Crippen molar-refractivity contribution in [3.8, 4) is 11.4 Å². The molecule has 3 rings (SSSR count). The molecule has 1 amide bonds. The molecule has 0 atom stereocenters. The Morgan fingerprint density at radius 3 is 2.39 bits per heavy atom. The summed E-state index contributed by atoms with van der Waals surface area (Å²) in [7, 11) is -2.02. The number of nitrogens with zero attached hydrogens (tertiary/aromatic N) is 3. The molecule has 0 saturated carbocycles. The number of benzene rings is 2. The molecule has 0 spiro atoms. The summed E-state index contributed by atoms with van der Waals surface area (Å²) in [6, 6.07) is 11.4. The highest BCUT2D eigenvalue weighted by atomic mass is 32.2. The molecule has 8 nitrogen and oxygen atoms in total. The van der Waals surface area contributed by atoms with Crippen molar-refractivity contribution in [1.29, 1.82) is 0 Å². The van der Waals surface area contributed by atoms with Crippen LogP contribution in [-0.2, 0) is 21.9 Å². The van der Waals surface area contributed by atoms with Crippen LogP contribution >= 0.6 is 11.8 Å². The summed E-state index contributed by atoms with van der Waals surface area (Å²) in [5.74, 6) is 0.00208. The molecule has 0 unspecified atom stereocenters. The Hall–Kier alpha value is -2.76. The first kappa shape index (κ1) is 20.0. The number of hydrogen-bond donors (Lipinski definition) is 2. The highest BCUT2D eigenvalue weighted by molar-refractivity contribution is 7.99. The molecule has 1 heterocycles. The number of primary sulfonamides is 1. The summed E-state index contributed by atoms with van der Waals surface area (Å²) in [5.41, 5.74) is 1.16. The molecule has 0 radical (unpaired) electrons. The fourth-order valence-electron chi connectivity index (χ4n) is 2.35. The Labute approximate surface area is 165 Å². The zero-order chi connectivity index (χ0) is 20.3. The Morgan fingerprint density at radius 2 is 1.79 bits per heavy atom. The summed E-state index contributed by atoms with van der Waals surface area (Å²) >= 11 is 1.19. The largest absolute Gasteiger partial charge is 0.325 e. The molecule has 0 saturated heterocycles. The van der Waals surface area contributed by atoms with E-state index in [0.717, 1.165) is 0 Å². The van der Waals surface area contributed by atoms with Crippen molar-refractivity contribution in [2.24, 2.45) is 12.2 Å². The van der Waals surface area contributed by atoms with Crippen molar-refractivity contribution in [3.05, 3.63) is 54.3 Å². The second-order valence-electron chi connectivity index (χ2n) is 5.78. The van der Waals surface area contributed by atoms with Gasteiger partial charge in [-0.15, -0.1) is 10.2 Å². The van der Waals surface area contributed by atoms with Crippen molar-refractivity contribution in [1.82, 2.24) is 14.8 Å². The maximum absolute atomic E-state index is 13.0. The van der Waals surface area contributed by atoms with Crippen LogP contribution in [0.15, 0.2) is 58.6 Å². The van der Waals surface area contributed by atoms with Gasteiger partial charge in [0.1, 0.15) is 5.82 Å². The molecule has 1 aromatic heterocycles. The summed E-state index contributed by atoms with van der Waals surface area (Å²) < 4.78 is 37.2. The first-order valence-corrected chi connectivity index (χ1v) is 10.5. The average molecular weight is 421 g/mol.